The van der Waals surface area contributed by atoms with Crippen LogP contribution >= 0.6 is 15.9 Å². The average Bonchev–Trinajstić information content (AvgIpc) is 2.42. The van der Waals surface area contributed by atoms with Crippen LogP contribution in [0.4, 0.5) is 5.82 Å². The number of hydrogen-bond acceptors (Lipinski definition) is 3. The number of nitrogen functional groups attached to an aromatic ring is 1. The molecule has 1 aromatic carbocycles. The molecule has 0 aliphatic rings. The maximum absolute atomic E-state index is 10.6. The lowest BCUT2D eigenvalue weighted by Gasteiger charge is -1.98. The predicted octanol–water partition coefficient (Wildman–Crippen LogP) is 1.47. The standard InChI is InChI=1S/C9H8BrN3O2/c10-5-1-2-6-7(3-5)13(4-8(14)15)12-9(6)11/h1-3H,4H2,(H2,11,12)(H,14,15). The van der Waals surface area contributed by atoms with Crippen LogP contribution in [0.1, 0.15) is 0 Å². The van der Waals surface area contributed by atoms with Gasteiger partial charge in [0.25, 0.3) is 0 Å². The molecule has 78 valence electrons. The maximum Gasteiger partial charge on any atom is 0.325 e. The largest absolute Gasteiger partial charge is 0.480 e. The third kappa shape index (κ3) is 1.80. The number of carbonyl (C=O) groups is 1. The SMILES string of the molecule is Nc1nn(CC(=O)O)c2cc(Br)ccc12. The van der Waals surface area contributed by atoms with Crippen LogP contribution in [0.3, 0.4) is 0 Å². The fourth-order valence-electron chi connectivity index (χ4n) is 1.42. The van der Waals surface area contributed by atoms with E-state index in [1.165, 1.54) is 4.68 Å². The van der Waals surface area contributed by atoms with E-state index in [0.29, 0.717) is 11.3 Å². The van der Waals surface area contributed by atoms with Crippen molar-refractivity contribution in [2.45, 2.75) is 6.54 Å². The van der Waals surface area contributed by atoms with Gasteiger partial charge in [0.05, 0.1) is 5.52 Å². The van der Waals surface area contributed by atoms with Crippen LogP contribution in [0.25, 0.3) is 10.9 Å². The lowest BCUT2D eigenvalue weighted by Crippen LogP contribution is -2.10. The summed E-state index contributed by atoms with van der Waals surface area (Å²) in [5.41, 5.74) is 6.37. The Kier molecular flexibility index (Phi) is 2.36. The van der Waals surface area contributed by atoms with Crippen LogP contribution < -0.4 is 5.73 Å². The highest BCUT2D eigenvalue weighted by Gasteiger charge is 2.10. The Morgan fingerprint density at radius 2 is 2.33 bits per heavy atom. The molecule has 2 rings (SSSR count). The van der Waals surface area contributed by atoms with Crippen LogP contribution in [-0.4, -0.2) is 20.9 Å². The Morgan fingerprint density at radius 1 is 1.60 bits per heavy atom. The van der Waals surface area contributed by atoms with Gasteiger partial charge in [0.15, 0.2) is 5.82 Å². The normalized spacial score (nSPS) is 10.7. The van der Waals surface area contributed by atoms with Gasteiger partial charge in [-0.1, -0.05) is 15.9 Å². The Morgan fingerprint density at radius 3 is 3.00 bits per heavy atom. The van der Waals surface area contributed by atoms with Gasteiger partial charge in [-0.2, -0.15) is 5.10 Å². The molecule has 0 unspecified atom stereocenters. The smallest absolute Gasteiger partial charge is 0.325 e. The lowest BCUT2D eigenvalue weighted by atomic mass is 10.2. The quantitative estimate of drug-likeness (QED) is 0.865. The molecule has 0 saturated heterocycles. The van der Waals surface area contributed by atoms with E-state index in [0.717, 1.165) is 9.86 Å². The summed E-state index contributed by atoms with van der Waals surface area (Å²) in [7, 11) is 0. The highest BCUT2D eigenvalue weighted by molar-refractivity contribution is 9.10. The van der Waals surface area contributed by atoms with Gasteiger partial charge in [0.2, 0.25) is 0 Å². The molecule has 0 aliphatic heterocycles. The van der Waals surface area contributed by atoms with E-state index in [2.05, 4.69) is 21.0 Å². The van der Waals surface area contributed by atoms with Crippen molar-refractivity contribution in [1.29, 1.82) is 0 Å². The first kappa shape index (κ1) is 9.97. The summed E-state index contributed by atoms with van der Waals surface area (Å²) in [6, 6.07) is 5.44. The van der Waals surface area contributed by atoms with Crippen molar-refractivity contribution in [3.05, 3.63) is 22.7 Å². The molecule has 15 heavy (non-hydrogen) atoms. The zero-order chi connectivity index (χ0) is 11.0. The molecule has 1 heterocycles. The third-order valence-electron chi connectivity index (χ3n) is 2.03. The van der Waals surface area contributed by atoms with Gasteiger partial charge < -0.3 is 10.8 Å². The average molecular weight is 270 g/mol. The van der Waals surface area contributed by atoms with Crippen molar-refractivity contribution in [1.82, 2.24) is 9.78 Å². The van der Waals surface area contributed by atoms with Crippen LogP contribution in [0.15, 0.2) is 22.7 Å². The van der Waals surface area contributed by atoms with Gasteiger partial charge in [0.1, 0.15) is 6.54 Å². The number of carboxylic acids is 1. The minimum atomic E-state index is -0.945. The number of nitrogens with two attached hydrogens (primary N) is 1. The minimum Gasteiger partial charge on any atom is -0.480 e. The molecule has 5 nitrogen and oxygen atoms in total. The highest BCUT2D eigenvalue weighted by atomic mass is 79.9. The summed E-state index contributed by atoms with van der Waals surface area (Å²) in [6.07, 6.45) is 0. The minimum absolute atomic E-state index is 0.190. The molecule has 0 saturated carbocycles. The van der Waals surface area contributed by atoms with Crippen molar-refractivity contribution in [2.24, 2.45) is 0 Å². The molecule has 0 radical (unpaired) electrons. The number of anilines is 1. The fraction of sp³-hybridized carbons (Fsp3) is 0.111. The number of fused-ring (bicyclic) bond motifs is 1. The van der Waals surface area contributed by atoms with Gasteiger partial charge in [-0.25, -0.2) is 0 Å². The maximum atomic E-state index is 10.6. The van der Waals surface area contributed by atoms with Gasteiger partial charge in [-0.05, 0) is 18.2 Å². The molecule has 6 heteroatoms. The van der Waals surface area contributed by atoms with Crippen LogP contribution in [-0.2, 0) is 11.3 Å². The first-order valence-electron chi connectivity index (χ1n) is 4.21. The van der Waals surface area contributed by atoms with E-state index in [1.807, 2.05) is 6.07 Å². The Bertz CT molecular complexity index is 535. The van der Waals surface area contributed by atoms with Crippen LogP contribution in [0.2, 0.25) is 0 Å². The summed E-state index contributed by atoms with van der Waals surface area (Å²) in [4.78, 5) is 10.6. The number of hydrogen-bond donors (Lipinski definition) is 2. The van der Waals surface area contributed by atoms with E-state index in [9.17, 15) is 4.79 Å². The second-order valence-electron chi connectivity index (χ2n) is 3.10. The topological polar surface area (TPSA) is 81.1 Å². The van der Waals surface area contributed by atoms with Crippen LogP contribution in [0, 0.1) is 0 Å². The number of nitrogens with zero attached hydrogens (tertiary/aromatic N) is 2. The Balaban J connectivity index is 2.64. The third-order valence-corrected chi connectivity index (χ3v) is 2.52. The zero-order valence-corrected chi connectivity index (χ0v) is 9.23. The van der Waals surface area contributed by atoms with Crippen molar-refractivity contribution in [2.75, 3.05) is 5.73 Å². The van der Waals surface area contributed by atoms with Gasteiger partial charge in [0, 0.05) is 9.86 Å². The Labute approximate surface area is 93.6 Å². The summed E-state index contributed by atoms with van der Waals surface area (Å²) >= 11 is 3.31. The van der Waals surface area contributed by atoms with E-state index < -0.39 is 5.97 Å². The molecule has 0 atom stereocenters. The van der Waals surface area contributed by atoms with E-state index in [-0.39, 0.29) is 6.54 Å². The fourth-order valence-corrected chi connectivity index (χ4v) is 1.77. The highest BCUT2D eigenvalue weighted by Crippen LogP contribution is 2.24. The number of carboxylic acid groups (broad SMARTS) is 1. The van der Waals surface area contributed by atoms with E-state index in [4.69, 9.17) is 10.8 Å². The summed E-state index contributed by atoms with van der Waals surface area (Å²) in [5, 5.41) is 13.4. The molecular weight excluding hydrogens is 262 g/mol. The molecule has 0 bridgehead atoms. The van der Waals surface area contributed by atoms with Crippen LogP contribution in [0.5, 0.6) is 0 Å². The predicted molar refractivity (Wildman–Crippen MR) is 59.5 cm³/mol. The molecule has 0 amide bonds. The summed E-state index contributed by atoms with van der Waals surface area (Å²) < 4.78 is 2.24. The molecule has 1 aromatic heterocycles. The van der Waals surface area contributed by atoms with Crippen molar-refractivity contribution < 1.29 is 9.90 Å². The Hall–Kier alpha value is -1.56. The molecule has 0 aliphatic carbocycles. The monoisotopic (exact) mass is 269 g/mol. The van der Waals surface area contributed by atoms with Crippen molar-refractivity contribution >= 4 is 38.6 Å². The zero-order valence-electron chi connectivity index (χ0n) is 7.64. The first-order valence-corrected chi connectivity index (χ1v) is 5.00. The van der Waals surface area contributed by atoms with Gasteiger partial charge >= 0.3 is 5.97 Å². The summed E-state index contributed by atoms with van der Waals surface area (Å²) in [5.74, 6) is -0.599. The number of rotatable bonds is 2. The lowest BCUT2D eigenvalue weighted by molar-refractivity contribution is -0.137. The number of aromatic nitrogens is 2. The molecule has 3 N–H and O–H groups in total. The molecular formula is C9H8BrN3O2. The van der Waals surface area contributed by atoms with E-state index in [1.54, 1.807) is 12.1 Å². The number of benzene rings is 1. The molecule has 0 fully saturated rings. The number of halogens is 1. The second kappa shape index (κ2) is 3.54. The van der Waals surface area contributed by atoms with Gasteiger partial charge in [-0.3, -0.25) is 9.48 Å². The second-order valence-corrected chi connectivity index (χ2v) is 4.01. The van der Waals surface area contributed by atoms with Crippen molar-refractivity contribution in [3.63, 3.8) is 0 Å². The van der Waals surface area contributed by atoms with Crippen molar-refractivity contribution in [3.8, 4) is 0 Å². The van der Waals surface area contributed by atoms with E-state index >= 15 is 0 Å². The molecule has 2 aromatic rings. The summed E-state index contributed by atoms with van der Waals surface area (Å²) in [6.45, 7) is -0.190. The number of aliphatic carboxylic acids is 1. The first-order chi connectivity index (χ1) is 7.08. The molecule has 0 spiro atoms. The van der Waals surface area contributed by atoms with Gasteiger partial charge in [-0.15, -0.1) is 0 Å².